The number of fused-ring (bicyclic) bond motifs is 1. The Morgan fingerprint density at radius 3 is 2.44 bits per heavy atom. The van der Waals surface area contributed by atoms with Gasteiger partial charge in [0.2, 0.25) is 0 Å². The SMILES string of the molecule is Cc1c(-c2ncc(C(F)(F)F)cc2Cl)c2ccccc2n1CCOc1ccc(Cl)cc1Cl. The molecule has 0 saturated heterocycles. The minimum absolute atomic E-state index is 0.0602. The van der Waals surface area contributed by atoms with E-state index in [1.807, 2.05) is 35.8 Å². The van der Waals surface area contributed by atoms with Crippen molar-refractivity contribution >= 4 is 45.7 Å². The molecule has 4 rings (SSSR count). The van der Waals surface area contributed by atoms with E-state index < -0.39 is 11.7 Å². The molecule has 2 aromatic carbocycles. The molecule has 9 heteroatoms. The predicted octanol–water partition coefficient (Wildman–Crippen LogP) is 8.07. The summed E-state index contributed by atoms with van der Waals surface area (Å²) in [6.07, 6.45) is -3.71. The van der Waals surface area contributed by atoms with Crippen molar-refractivity contribution in [1.29, 1.82) is 0 Å². The number of para-hydroxylation sites is 1. The van der Waals surface area contributed by atoms with Crippen LogP contribution in [-0.4, -0.2) is 16.2 Å². The van der Waals surface area contributed by atoms with Crippen LogP contribution in [0.3, 0.4) is 0 Å². The molecule has 2 aromatic heterocycles. The molecule has 0 atom stereocenters. The largest absolute Gasteiger partial charge is 0.490 e. The summed E-state index contributed by atoms with van der Waals surface area (Å²) < 4.78 is 46.9. The standard InChI is InChI=1S/C23H16Cl3F3N2O/c1-13-21(22-18(26)10-14(12-30-22)23(27,28)29)16-4-2-3-5-19(16)31(13)8-9-32-20-7-6-15(24)11-17(20)25/h2-7,10-12H,8-9H2,1H3. The van der Waals surface area contributed by atoms with E-state index in [9.17, 15) is 13.2 Å². The number of benzene rings is 2. The van der Waals surface area contributed by atoms with Crippen LogP contribution in [0.15, 0.2) is 54.7 Å². The molecule has 0 aliphatic rings. The fourth-order valence-corrected chi connectivity index (χ4v) is 4.36. The van der Waals surface area contributed by atoms with Gasteiger partial charge in [-0.25, -0.2) is 0 Å². The summed E-state index contributed by atoms with van der Waals surface area (Å²) in [6, 6.07) is 13.5. The molecule has 0 bridgehead atoms. The summed E-state index contributed by atoms with van der Waals surface area (Å²) >= 11 is 18.3. The summed E-state index contributed by atoms with van der Waals surface area (Å²) in [4.78, 5) is 4.06. The second-order valence-corrected chi connectivity index (χ2v) is 8.36. The molecule has 3 nitrogen and oxygen atoms in total. The first kappa shape index (κ1) is 22.8. The molecule has 4 aromatic rings. The van der Waals surface area contributed by atoms with Gasteiger partial charge in [-0.15, -0.1) is 0 Å². The molecule has 0 aliphatic heterocycles. The number of nitrogens with zero attached hydrogens (tertiary/aromatic N) is 2. The van der Waals surface area contributed by atoms with Crippen LogP contribution in [-0.2, 0) is 12.7 Å². The zero-order chi connectivity index (χ0) is 23.0. The van der Waals surface area contributed by atoms with Crippen LogP contribution in [0.4, 0.5) is 13.2 Å². The van der Waals surface area contributed by atoms with Gasteiger partial charge in [-0.3, -0.25) is 4.98 Å². The van der Waals surface area contributed by atoms with Crippen molar-refractivity contribution in [2.45, 2.75) is 19.6 Å². The van der Waals surface area contributed by atoms with Crippen LogP contribution >= 0.6 is 34.8 Å². The average Bonchev–Trinajstić information content (AvgIpc) is 3.00. The zero-order valence-electron chi connectivity index (χ0n) is 16.7. The molecular weight excluding hydrogens is 484 g/mol. The maximum Gasteiger partial charge on any atom is 0.417 e. The first-order chi connectivity index (χ1) is 15.2. The Morgan fingerprint density at radius 2 is 1.75 bits per heavy atom. The third kappa shape index (κ3) is 4.40. The molecular formula is C23H16Cl3F3N2O. The summed E-state index contributed by atoms with van der Waals surface area (Å²) in [6.45, 7) is 2.66. The van der Waals surface area contributed by atoms with E-state index in [1.54, 1.807) is 18.2 Å². The molecule has 0 saturated carbocycles. The number of pyridine rings is 1. The third-order valence-corrected chi connectivity index (χ3v) is 5.92. The quantitative estimate of drug-likeness (QED) is 0.278. The van der Waals surface area contributed by atoms with Crippen molar-refractivity contribution < 1.29 is 17.9 Å². The highest BCUT2D eigenvalue weighted by molar-refractivity contribution is 6.35. The van der Waals surface area contributed by atoms with Gasteiger partial charge in [0.15, 0.2) is 0 Å². The molecule has 0 amide bonds. The number of hydrogen-bond acceptors (Lipinski definition) is 2. The predicted molar refractivity (Wildman–Crippen MR) is 122 cm³/mol. The Hall–Kier alpha value is -2.41. The van der Waals surface area contributed by atoms with Gasteiger partial charge >= 0.3 is 6.18 Å². The van der Waals surface area contributed by atoms with Crippen molar-refractivity contribution in [3.05, 3.63) is 81.1 Å². The van der Waals surface area contributed by atoms with Gasteiger partial charge in [0.05, 0.1) is 27.8 Å². The number of halogens is 6. The Balaban J connectivity index is 1.69. The second kappa shape index (κ2) is 8.85. The second-order valence-electron chi connectivity index (χ2n) is 7.10. The lowest BCUT2D eigenvalue weighted by Gasteiger charge is -2.12. The summed E-state index contributed by atoms with van der Waals surface area (Å²) in [5.41, 5.74) is 1.80. The summed E-state index contributed by atoms with van der Waals surface area (Å²) in [5.74, 6) is 0.512. The third-order valence-electron chi connectivity index (χ3n) is 5.10. The molecule has 166 valence electrons. The van der Waals surface area contributed by atoms with Crippen molar-refractivity contribution in [3.63, 3.8) is 0 Å². The highest BCUT2D eigenvalue weighted by atomic mass is 35.5. The van der Waals surface area contributed by atoms with E-state index in [1.165, 1.54) is 0 Å². The molecule has 0 N–H and O–H groups in total. The maximum atomic E-state index is 13.0. The van der Waals surface area contributed by atoms with Crippen LogP contribution in [0.1, 0.15) is 11.3 Å². The van der Waals surface area contributed by atoms with Crippen LogP contribution in [0.5, 0.6) is 5.75 Å². The van der Waals surface area contributed by atoms with E-state index in [-0.39, 0.29) is 5.02 Å². The van der Waals surface area contributed by atoms with Crippen molar-refractivity contribution in [3.8, 4) is 17.0 Å². The lowest BCUT2D eigenvalue weighted by atomic mass is 10.1. The highest BCUT2D eigenvalue weighted by Crippen LogP contribution is 2.39. The van der Waals surface area contributed by atoms with Gasteiger partial charge < -0.3 is 9.30 Å². The van der Waals surface area contributed by atoms with Crippen LogP contribution in [0, 0.1) is 6.92 Å². The number of aromatic nitrogens is 2. The van der Waals surface area contributed by atoms with E-state index in [0.29, 0.717) is 40.2 Å². The molecule has 0 spiro atoms. The Morgan fingerprint density at radius 1 is 1.00 bits per heavy atom. The molecule has 32 heavy (non-hydrogen) atoms. The van der Waals surface area contributed by atoms with Gasteiger partial charge in [-0.05, 0) is 37.3 Å². The first-order valence-electron chi connectivity index (χ1n) is 9.55. The van der Waals surface area contributed by atoms with E-state index in [0.717, 1.165) is 28.9 Å². The fourth-order valence-electron chi connectivity index (χ4n) is 3.63. The minimum atomic E-state index is -4.52. The lowest BCUT2D eigenvalue weighted by molar-refractivity contribution is -0.137. The molecule has 0 radical (unpaired) electrons. The normalized spacial score (nSPS) is 11.8. The lowest BCUT2D eigenvalue weighted by Crippen LogP contribution is -2.10. The van der Waals surface area contributed by atoms with E-state index >= 15 is 0 Å². The van der Waals surface area contributed by atoms with Gasteiger partial charge in [0.25, 0.3) is 0 Å². The molecule has 2 heterocycles. The van der Waals surface area contributed by atoms with Crippen molar-refractivity contribution in [2.75, 3.05) is 6.61 Å². The summed E-state index contributed by atoms with van der Waals surface area (Å²) in [5, 5.41) is 1.70. The van der Waals surface area contributed by atoms with Crippen LogP contribution in [0.25, 0.3) is 22.2 Å². The van der Waals surface area contributed by atoms with E-state index in [4.69, 9.17) is 39.5 Å². The Kier molecular flexibility index (Phi) is 6.30. The van der Waals surface area contributed by atoms with Gasteiger partial charge in [-0.1, -0.05) is 53.0 Å². The minimum Gasteiger partial charge on any atom is -0.490 e. The highest BCUT2D eigenvalue weighted by Gasteiger charge is 2.32. The van der Waals surface area contributed by atoms with Crippen molar-refractivity contribution in [2.24, 2.45) is 0 Å². The van der Waals surface area contributed by atoms with Gasteiger partial charge in [-0.2, -0.15) is 13.2 Å². The van der Waals surface area contributed by atoms with Crippen LogP contribution in [0.2, 0.25) is 15.1 Å². The smallest absolute Gasteiger partial charge is 0.417 e. The topological polar surface area (TPSA) is 27.1 Å². The monoisotopic (exact) mass is 498 g/mol. The number of alkyl halides is 3. The van der Waals surface area contributed by atoms with Gasteiger partial charge in [0.1, 0.15) is 12.4 Å². The fraction of sp³-hybridized carbons (Fsp3) is 0.174. The van der Waals surface area contributed by atoms with Crippen LogP contribution < -0.4 is 4.74 Å². The molecule has 0 unspecified atom stereocenters. The summed E-state index contributed by atoms with van der Waals surface area (Å²) in [7, 11) is 0. The molecule has 0 aliphatic carbocycles. The molecule has 0 fully saturated rings. The Bertz CT molecular complexity index is 1300. The maximum absolute atomic E-state index is 13.0. The zero-order valence-corrected chi connectivity index (χ0v) is 18.9. The number of rotatable bonds is 5. The Labute approximate surface area is 197 Å². The van der Waals surface area contributed by atoms with Crippen molar-refractivity contribution in [1.82, 2.24) is 9.55 Å². The van der Waals surface area contributed by atoms with E-state index in [2.05, 4.69) is 4.98 Å². The van der Waals surface area contributed by atoms with Gasteiger partial charge in [0, 0.05) is 33.4 Å². The first-order valence-corrected chi connectivity index (χ1v) is 10.7. The average molecular weight is 500 g/mol. The number of ether oxygens (including phenoxy) is 1. The number of hydrogen-bond donors (Lipinski definition) is 0.